The molecular weight excluding hydrogens is 585 g/mol. The number of rotatable bonds is 5. The number of benzene rings is 6. The highest BCUT2D eigenvalue weighted by Crippen LogP contribution is 2.45. The van der Waals surface area contributed by atoms with Crippen molar-refractivity contribution in [3.8, 4) is 68.0 Å². The zero-order valence-electron chi connectivity index (χ0n) is 25.8. The number of fused-ring (bicyclic) bond motifs is 2. The monoisotopic (exact) mass is 610 g/mol. The van der Waals surface area contributed by atoms with Crippen LogP contribution in [-0.4, -0.2) is 9.97 Å². The minimum absolute atomic E-state index is 0.588. The predicted octanol–water partition coefficient (Wildman–Crippen LogP) is 10.9. The van der Waals surface area contributed by atoms with Crippen molar-refractivity contribution in [1.29, 1.82) is 10.5 Å². The van der Waals surface area contributed by atoms with Crippen LogP contribution in [-0.2, 0) is 0 Å². The predicted molar refractivity (Wildman–Crippen MR) is 194 cm³/mol. The number of aromatic nitrogens is 2. The minimum atomic E-state index is 0.588. The third kappa shape index (κ3) is 5.14. The van der Waals surface area contributed by atoms with Crippen molar-refractivity contribution in [2.45, 2.75) is 0 Å². The van der Waals surface area contributed by atoms with Gasteiger partial charge in [0.05, 0.1) is 34.7 Å². The number of hydrogen-bond acceptors (Lipinski definition) is 4. The molecule has 0 amide bonds. The summed E-state index contributed by atoms with van der Waals surface area (Å²) < 4.78 is 0. The largest absolute Gasteiger partial charge is 0.256 e. The lowest BCUT2D eigenvalue weighted by Gasteiger charge is -2.19. The average molecular weight is 611 g/mol. The lowest BCUT2D eigenvalue weighted by molar-refractivity contribution is 1.31. The Morgan fingerprint density at radius 3 is 1.31 bits per heavy atom. The molecule has 0 saturated carbocycles. The van der Waals surface area contributed by atoms with Crippen LogP contribution in [0.2, 0.25) is 0 Å². The van der Waals surface area contributed by atoms with Crippen LogP contribution in [0.4, 0.5) is 0 Å². The fraction of sp³-hybridized carbons (Fsp3) is 0. The highest BCUT2D eigenvalue weighted by molar-refractivity contribution is 6.22. The van der Waals surface area contributed by atoms with Crippen molar-refractivity contribution in [1.82, 2.24) is 9.97 Å². The van der Waals surface area contributed by atoms with Gasteiger partial charge in [0.15, 0.2) is 0 Å². The van der Waals surface area contributed by atoms with Crippen LogP contribution in [0, 0.1) is 22.7 Å². The maximum Gasteiger partial charge on any atom is 0.0992 e. The molecule has 2 aromatic heterocycles. The van der Waals surface area contributed by atoms with Crippen molar-refractivity contribution in [3.05, 3.63) is 169 Å². The van der Waals surface area contributed by atoms with E-state index in [-0.39, 0.29) is 0 Å². The molecule has 0 unspecified atom stereocenters. The molecule has 8 rings (SSSR count). The van der Waals surface area contributed by atoms with Gasteiger partial charge >= 0.3 is 0 Å². The Bertz CT molecular complexity index is 2560. The topological polar surface area (TPSA) is 73.4 Å². The number of pyridine rings is 2. The van der Waals surface area contributed by atoms with Crippen LogP contribution >= 0.6 is 0 Å². The molecule has 222 valence electrons. The molecule has 4 nitrogen and oxygen atoms in total. The summed E-state index contributed by atoms with van der Waals surface area (Å²) in [7, 11) is 0. The van der Waals surface area contributed by atoms with Gasteiger partial charge in [-0.05, 0) is 85.3 Å². The Morgan fingerprint density at radius 1 is 0.354 bits per heavy atom. The van der Waals surface area contributed by atoms with Crippen molar-refractivity contribution < 1.29 is 0 Å². The zero-order valence-corrected chi connectivity index (χ0v) is 25.8. The van der Waals surface area contributed by atoms with Crippen LogP contribution in [0.25, 0.3) is 77.4 Å². The van der Waals surface area contributed by atoms with Crippen molar-refractivity contribution in [3.63, 3.8) is 0 Å². The Hall–Kier alpha value is -6.88. The Labute approximate surface area is 278 Å². The second-order valence-electron chi connectivity index (χ2n) is 11.7. The molecule has 0 saturated heterocycles. The van der Waals surface area contributed by atoms with Gasteiger partial charge in [-0.3, -0.25) is 9.97 Å². The second-order valence-corrected chi connectivity index (χ2v) is 11.7. The quantitative estimate of drug-likeness (QED) is 0.182. The molecule has 0 fully saturated rings. The summed E-state index contributed by atoms with van der Waals surface area (Å²) >= 11 is 0. The first-order valence-electron chi connectivity index (χ1n) is 15.7. The van der Waals surface area contributed by atoms with Gasteiger partial charge in [0, 0.05) is 23.5 Å². The van der Waals surface area contributed by atoms with Gasteiger partial charge in [0.1, 0.15) is 0 Å². The fourth-order valence-corrected chi connectivity index (χ4v) is 6.54. The summed E-state index contributed by atoms with van der Waals surface area (Å²) in [6.07, 6.45) is 3.36. The lowest BCUT2D eigenvalue weighted by Crippen LogP contribution is -1.92. The summed E-state index contributed by atoms with van der Waals surface area (Å²) in [5.74, 6) is 0. The van der Waals surface area contributed by atoms with Gasteiger partial charge in [-0.15, -0.1) is 0 Å². The van der Waals surface area contributed by atoms with Gasteiger partial charge < -0.3 is 0 Å². The first-order valence-corrected chi connectivity index (χ1v) is 15.7. The molecule has 4 heteroatoms. The minimum Gasteiger partial charge on any atom is -0.256 e. The zero-order chi connectivity index (χ0) is 32.5. The molecular formula is C44H26N4. The lowest BCUT2D eigenvalue weighted by atomic mass is 9.84. The standard InChI is InChI=1S/C44H26N4/c45-27-29-20-22-47-41(24-29)32-10-14-34(15-11-32)43-37-8-4-5-9-38(37)44(40-26-36(18-19-39(40)43)31-6-2-1-3-7-31)35-16-12-33(13-17-35)42-25-30(28-46)21-23-48-42/h1-26H. The number of hydrogen-bond donors (Lipinski definition) is 0. The van der Waals surface area contributed by atoms with E-state index >= 15 is 0 Å². The summed E-state index contributed by atoms with van der Waals surface area (Å²) in [5, 5.41) is 23.4. The SMILES string of the molecule is N#Cc1ccnc(-c2ccc(-c3c4ccccc4c(-c4ccc(-c5cc(C#N)ccn5)cc4)c4cc(-c5ccccc5)ccc34)cc2)c1. The highest BCUT2D eigenvalue weighted by atomic mass is 14.7. The van der Waals surface area contributed by atoms with E-state index in [4.69, 9.17) is 0 Å². The summed E-state index contributed by atoms with van der Waals surface area (Å²) in [4.78, 5) is 9.02. The second kappa shape index (κ2) is 12.1. The van der Waals surface area contributed by atoms with Crippen LogP contribution in [0.15, 0.2) is 158 Å². The number of nitrogens with zero attached hydrogens (tertiary/aromatic N) is 4. The van der Waals surface area contributed by atoms with Crippen LogP contribution < -0.4 is 0 Å². The first-order chi connectivity index (χ1) is 23.7. The van der Waals surface area contributed by atoms with E-state index in [0.717, 1.165) is 66.3 Å². The van der Waals surface area contributed by atoms with Crippen molar-refractivity contribution in [2.75, 3.05) is 0 Å². The van der Waals surface area contributed by atoms with Crippen LogP contribution in [0.1, 0.15) is 11.1 Å². The molecule has 0 atom stereocenters. The molecule has 0 aliphatic carbocycles. The Morgan fingerprint density at radius 2 is 0.792 bits per heavy atom. The van der Waals surface area contributed by atoms with Crippen LogP contribution in [0.3, 0.4) is 0 Å². The van der Waals surface area contributed by atoms with E-state index < -0.39 is 0 Å². The van der Waals surface area contributed by atoms with Gasteiger partial charge in [0.25, 0.3) is 0 Å². The molecule has 0 bridgehead atoms. The molecule has 2 heterocycles. The van der Waals surface area contributed by atoms with Crippen molar-refractivity contribution >= 4 is 21.5 Å². The van der Waals surface area contributed by atoms with Gasteiger partial charge in [0.2, 0.25) is 0 Å². The van der Waals surface area contributed by atoms with E-state index in [1.807, 2.05) is 18.2 Å². The third-order valence-corrected chi connectivity index (χ3v) is 8.85. The van der Waals surface area contributed by atoms with Gasteiger partial charge in [-0.25, -0.2) is 0 Å². The van der Waals surface area contributed by atoms with E-state index in [0.29, 0.717) is 11.1 Å². The molecule has 0 spiro atoms. The summed E-state index contributed by atoms with van der Waals surface area (Å²) in [6, 6.07) is 54.3. The van der Waals surface area contributed by atoms with Gasteiger partial charge in [-0.1, -0.05) is 115 Å². The van der Waals surface area contributed by atoms with E-state index in [9.17, 15) is 10.5 Å². The van der Waals surface area contributed by atoms with Crippen LogP contribution in [0.5, 0.6) is 0 Å². The van der Waals surface area contributed by atoms with Gasteiger partial charge in [-0.2, -0.15) is 10.5 Å². The Kier molecular flexibility index (Phi) is 7.23. The molecule has 0 aliphatic rings. The van der Waals surface area contributed by atoms with E-state index in [1.165, 1.54) is 11.1 Å². The fourth-order valence-electron chi connectivity index (χ4n) is 6.54. The summed E-state index contributed by atoms with van der Waals surface area (Å²) in [5.41, 5.74) is 11.5. The highest BCUT2D eigenvalue weighted by Gasteiger charge is 2.18. The normalized spacial score (nSPS) is 10.9. The number of nitriles is 2. The smallest absolute Gasteiger partial charge is 0.0992 e. The molecule has 8 aromatic rings. The molecule has 0 radical (unpaired) electrons. The van der Waals surface area contributed by atoms with Crippen molar-refractivity contribution in [2.24, 2.45) is 0 Å². The molecule has 6 aromatic carbocycles. The average Bonchev–Trinajstić information content (AvgIpc) is 3.17. The third-order valence-electron chi connectivity index (χ3n) is 8.85. The molecule has 0 N–H and O–H groups in total. The molecule has 48 heavy (non-hydrogen) atoms. The summed E-state index contributed by atoms with van der Waals surface area (Å²) in [6.45, 7) is 0. The van der Waals surface area contributed by atoms with E-state index in [1.54, 1.807) is 24.5 Å². The van der Waals surface area contributed by atoms with E-state index in [2.05, 4.69) is 137 Å². The first kappa shape index (κ1) is 28.6. The Balaban J connectivity index is 1.35. The molecule has 0 aliphatic heterocycles. The maximum atomic E-state index is 9.41. The maximum absolute atomic E-state index is 9.41.